The van der Waals surface area contributed by atoms with Crippen LogP contribution in [0, 0.1) is 0 Å². The van der Waals surface area contributed by atoms with Crippen LogP contribution in [0.25, 0.3) is 0 Å². The van der Waals surface area contributed by atoms with Crippen LogP contribution in [0.1, 0.15) is 39.0 Å². The first-order chi connectivity index (χ1) is 9.81. The van der Waals surface area contributed by atoms with E-state index in [1.807, 2.05) is 18.2 Å². The molecule has 0 atom stereocenters. The Labute approximate surface area is 121 Å². The Morgan fingerprint density at radius 1 is 1.25 bits per heavy atom. The third kappa shape index (κ3) is 4.30. The number of anilines is 2. The van der Waals surface area contributed by atoms with Crippen LogP contribution in [0.5, 0.6) is 5.75 Å². The molecule has 1 aromatic carbocycles. The smallest absolute Gasteiger partial charge is 0.144 e. The van der Waals surface area contributed by atoms with E-state index in [2.05, 4.69) is 12.2 Å². The second-order valence-electron chi connectivity index (χ2n) is 5.27. The summed E-state index contributed by atoms with van der Waals surface area (Å²) in [5.74, 6) is 0.758. The maximum Gasteiger partial charge on any atom is 0.144 e. The molecule has 0 amide bonds. The quantitative estimate of drug-likeness (QED) is 0.565. The molecule has 0 spiro atoms. The highest BCUT2D eigenvalue weighted by Gasteiger charge is 2.14. The molecule has 1 aromatic rings. The van der Waals surface area contributed by atoms with Crippen LogP contribution in [0.3, 0.4) is 0 Å². The van der Waals surface area contributed by atoms with Gasteiger partial charge in [0.25, 0.3) is 0 Å². The Balaban J connectivity index is 1.76. The zero-order valence-electron chi connectivity index (χ0n) is 12.4. The summed E-state index contributed by atoms with van der Waals surface area (Å²) < 4.78 is 11.4. The summed E-state index contributed by atoms with van der Waals surface area (Å²) >= 11 is 0. The van der Waals surface area contributed by atoms with Crippen LogP contribution >= 0.6 is 0 Å². The Hall–Kier alpha value is -1.42. The minimum atomic E-state index is 0.466. The van der Waals surface area contributed by atoms with Gasteiger partial charge in [0.15, 0.2) is 0 Å². The van der Waals surface area contributed by atoms with Crippen LogP contribution in [-0.2, 0) is 4.74 Å². The van der Waals surface area contributed by atoms with E-state index in [4.69, 9.17) is 15.2 Å². The average molecular weight is 278 g/mol. The largest absolute Gasteiger partial charge is 0.491 e. The molecule has 0 unspecified atom stereocenters. The van der Waals surface area contributed by atoms with E-state index in [0.717, 1.165) is 31.0 Å². The predicted molar refractivity (Wildman–Crippen MR) is 83.3 cm³/mol. The van der Waals surface area contributed by atoms with Gasteiger partial charge in [0.05, 0.1) is 30.7 Å². The molecule has 1 aliphatic carbocycles. The van der Waals surface area contributed by atoms with Crippen molar-refractivity contribution in [3.05, 3.63) is 18.2 Å². The van der Waals surface area contributed by atoms with Gasteiger partial charge in [-0.1, -0.05) is 25.8 Å². The molecule has 3 N–H and O–H groups in total. The number of rotatable bonds is 8. The molecule has 2 rings (SSSR count). The van der Waals surface area contributed by atoms with E-state index in [9.17, 15) is 0 Å². The highest BCUT2D eigenvalue weighted by Crippen LogP contribution is 2.29. The first kappa shape index (κ1) is 15.0. The van der Waals surface area contributed by atoms with Gasteiger partial charge in [-0.05, 0) is 31.4 Å². The van der Waals surface area contributed by atoms with Crippen LogP contribution in [-0.4, -0.2) is 25.9 Å². The van der Waals surface area contributed by atoms with Crippen molar-refractivity contribution in [2.75, 3.05) is 30.8 Å². The fourth-order valence-corrected chi connectivity index (χ4v) is 2.50. The molecule has 1 saturated carbocycles. The number of para-hydroxylation sites is 1. The number of nitrogen functional groups attached to an aromatic ring is 1. The number of ether oxygens (including phenoxy) is 2. The third-order valence-corrected chi connectivity index (χ3v) is 3.60. The van der Waals surface area contributed by atoms with Crippen molar-refractivity contribution in [1.82, 2.24) is 0 Å². The van der Waals surface area contributed by atoms with Crippen LogP contribution in [0.15, 0.2) is 18.2 Å². The fourth-order valence-electron chi connectivity index (χ4n) is 2.50. The fraction of sp³-hybridized carbons (Fsp3) is 0.625. The van der Waals surface area contributed by atoms with Gasteiger partial charge in [0, 0.05) is 6.54 Å². The van der Waals surface area contributed by atoms with Crippen LogP contribution in [0.2, 0.25) is 0 Å². The lowest BCUT2D eigenvalue weighted by molar-refractivity contribution is 0.0659. The molecule has 1 aliphatic rings. The molecule has 0 aliphatic heterocycles. The maximum atomic E-state index is 6.10. The van der Waals surface area contributed by atoms with E-state index in [1.54, 1.807) is 0 Å². The second-order valence-corrected chi connectivity index (χ2v) is 5.27. The molecular weight excluding hydrogens is 252 g/mol. The highest BCUT2D eigenvalue weighted by atomic mass is 16.5. The standard InChI is InChI=1S/C16H26N2O2/c1-2-11-20-15-9-5-8-14(16(15)17)18-10-12-19-13-6-3-4-7-13/h5,8-9,13,18H,2-4,6-7,10-12,17H2,1H3. The molecule has 0 bridgehead atoms. The van der Waals surface area contributed by atoms with Gasteiger partial charge >= 0.3 is 0 Å². The molecule has 20 heavy (non-hydrogen) atoms. The summed E-state index contributed by atoms with van der Waals surface area (Å²) in [5, 5.41) is 3.32. The number of benzene rings is 1. The van der Waals surface area contributed by atoms with E-state index in [0.29, 0.717) is 18.4 Å². The average Bonchev–Trinajstić information content (AvgIpc) is 2.97. The number of hydrogen-bond donors (Lipinski definition) is 2. The molecular formula is C16H26N2O2. The van der Waals surface area contributed by atoms with E-state index in [-0.39, 0.29) is 0 Å². The van der Waals surface area contributed by atoms with Crippen LogP contribution in [0.4, 0.5) is 11.4 Å². The normalized spacial score (nSPS) is 15.4. The van der Waals surface area contributed by atoms with Crippen molar-refractivity contribution < 1.29 is 9.47 Å². The third-order valence-electron chi connectivity index (χ3n) is 3.60. The van der Waals surface area contributed by atoms with Gasteiger partial charge in [-0.2, -0.15) is 0 Å². The Morgan fingerprint density at radius 2 is 2.05 bits per heavy atom. The number of nitrogens with one attached hydrogen (secondary N) is 1. The Bertz CT molecular complexity index is 403. The lowest BCUT2D eigenvalue weighted by Gasteiger charge is -2.15. The van der Waals surface area contributed by atoms with Gasteiger partial charge < -0.3 is 20.5 Å². The lowest BCUT2D eigenvalue weighted by atomic mass is 10.2. The monoisotopic (exact) mass is 278 g/mol. The minimum Gasteiger partial charge on any atom is -0.491 e. The Kier molecular flexibility index (Phi) is 5.99. The summed E-state index contributed by atoms with van der Waals surface area (Å²) in [4.78, 5) is 0. The molecule has 1 fully saturated rings. The topological polar surface area (TPSA) is 56.5 Å². The number of nitrogens with two attached hydrogens (primary N) is 1. The number of hydrogen-bond acceptors (Lipinski definition) is 4. The molecule has 0 radical (unpaired) electrons. The predicted octanol–water partition coefficient (Wildman–Crippen LogP) is 3.43. The summed E-state index contributed by atoms with van der Waals surface area (Å²) in [7, 11) is 0. The molecule has 0 heterocycles. The lowest BCUT2D eigenvalue weighted by Crippen LogP contribution is -2.16. The summed E-state index contributed by atoms with van der Waals surface area (Å²) in [6.07, 6.45) is 6.48. The maximum absolute atomic E-state index is 6.10. The van der Waals surface area contributed by atoms with Crippen molar-refractivity contribution in [2.45, 2.75) is 45.1 Å². The van der Waals surface area contributed by atoms with Crippen molar-refractivity contribution in [1.29, 1.82) is 0 Å². The first-order valence-electron chi connectivity index (χ1n) is 7.68. The first-order valence-corrected chi connectivity index (χ1v) is 7.68. The zero-order chi connectivity index (χ0) is 14.2. The molecule has 4 nitrogen and oxygen atoms in total. The minimum absolute atomic E-state index is 0.466. The molecule has 112 valence electrons. The van der Waals surface area contributed by atoms with Crippen molar-refractivity contribution in [3.8, 4) is 5.75 Å². The molecule has 0 saturated heterocycles. The van der Waals surface area contributed by atoms with Gasteiger partial charge in [0.2, 0.25) is 0 Å². The van der Waals surface area contributed by atoms with Gasteiger partial charge in [0.1, 0.15) is 5.75 Å². The zero-order valence-corrected chi connectivity index (χ0v) is 12.4. The van der Waals surface area contributed by atoms with Gasteiger partial charge in [-0.3, -0.25) is 0 Å². The highest BCUT2D eigenvalue weighted by molar-refractivity contribution is 5.72. The summed E-state index contributed by atoms with van der Waals surface area (Å²) in [6.45, 7) is 4.28. The van der Waals surface area contributed by atoms with E-state index >= 15 is 0 Å². The molecule has 0 aromatic heterocycles. The second kappa shape index (κ2) is 8.00. The van der Waals surface area contributed by atoms with Crippen molar-refractivity contribution in [3.63, 3.8) is 0 Å². The summed E-state index contributed by atoms with van der Waals surface area (Å²) in [5.41, 5.74) is 7.71. The summed E-state index contributed by atoms with van der Waals surface area (Å²) in [6, 6.07) is 5.84. The van der Waals surface area contributed by atoms with Gasteiger partial charge in [-0.25, -0.2) is 0 Å². The van der Waals surface area contributed by atoms with Crippen molar-refractivity contribution >= 4 is 11.4 Å². The molecule has 4 heteroatoms. The van der Waals surface area contributed by atoms with E-state index in [1.165, 1.54) is 25.7 Å². The SMILES string of the molecule is CCCOc1cccc(NCCOC2CCCC2)c1N. The van der Waals surface area contributed by atoms with Gasteiger partial charge in [-0.15, -0.1) is 0 Å². The van der Waals surface area contributed by atoms with Crippen molar-refractivity contribution in [2.24, 2.45) is 0 Å². The van der Waals surface area contributed by atoms with E-state index < -0.39 is 0 Å². The van der Waals surface area contributed by atoms with Crippen LogP contribution < -0.4 is 15.8 Å². The Morgan fingerprint density at radius 3 is 2.80 bits per heavy atom.